The maximum absolute atomic E-state index is 11.4. The van der Waals surface area contributed by atoms with Crippen molar-refractivity contribution in [1.29, 1.82) is 0 Å². The molecule has 1 aliphatic heterocycles. The molecule has 2 rings (SSSR count). The second-order valence-corrected chi connectivity index (χ2v) is 2.81. The number of hydrogen-bond acceptors (Lipinski definition) is 3. The highest BCUT2D eigenvalue weighted by atomic mass is 16.2. The van der Waals surface area contributed by atoms with E-state index in [1.165, 1.54) is 0 Å². The third-order valence-corrected chi connectivity index (χ3v) is 2.03. The van der Waals surface area contributed by atoms with Crippen molar-refractivity contribution in [3.05, 3.63) is 36.4 Å². The van der Waals surface area contributed by atoms with Crippen molar-refractivity contribution in [2.24, 2.45) is 0 Å². The number of fused-ring (bicyclic) bond motifs is 1. The minimum absolute atomic E-state index is 0.266. The predicted octanol–water partition coefficient (Wildman–Crippen LogP) is 0.656. The normalized spacial score (nSPS) is 15.0. The van der Waals surface area contributed by atoms with E-state index < -0.39 is 11.8 Å². The standard InChI is InChI=1S/C9H7N2O2/c1-11-8(12)5-3-2-4-6(10)7(5)9(11)13/h2-4H,1,10H2. The fourth-order valence-electron chi connectivity index (χ4n) is 1.36. The van der Waals surface area contributed by atoms with Crippen molar-refractivity contribution < 1.29 is 9.59 Å². The summed E-state index contributed by atoms with van der Waals surface area (Å²) in [6.45, 7) is 0. The van der Waals surface area contributed by atoms with Gasteiger partial charge in [0.15, 0.2) is 0 Å². The molecular formula is C9H7N2O2. The van der Waals surface area contributed by atoms with Crippen molar-refractivity contribution in [3.63, 3.8) is 0 Å². The molecule has 0 spiro atoms. The highest BCUT2D eigenvalue weighted by Crippen LogP contribution is 2.26. The first kappa shape index (κ1) is 7.79. The smallest absolute Gasteiger partial charge is 0.263 e. The molecule has 1 heterocycles. The van der Waals surface area contributed by atoms with Gasteiger partial charge in [-0.15, -0.1) is 0 Å². The molecule has 2 N–H and O–H groups in total. The lowest BCUT2D eigenvalue weighted by Gasteiger charge is -2.02. The Morgan fingerprint density at radius 2 is 1.92 bits per heavy atom. The van der Waals surface area contributed by atoms with E-state index in [-0.39, 0.29) is 5.56 Å². The quantitative estimate of drug-likeness (QED) is 0.465. The van der Waals surface area contributed by atoms with Gasteiger partial charge >= 0.3 is 0 Å². The van der Waals surface area contributed by atoms with Gasteiger partial charge in [0.25, 0.3) is 11.8 Å². The first-order valence-electron chi connectivity index (χ1n) is 3.70. The van der Waals surface area contributed by atoms with Crippen molar-refractivity contribution in [3.8, 4) is 0 Å². The Balaban J connectivity index is 2.74. The Labute approximate surface area is 74.9 Å². The lowest BCUT2D eigenvalue weighted by Crippen LogP contribution is -2.22. The molecule has 13 heavy (non-hydrogen) atoms. The molecule has 0 saturated heterocycles. The van der Waals surface area contributed by atoms with Gasteiger partial charge in [0.2, 0.25) is 0 Å². The minimum atomic E-state index is -0.432. The Hall–Kier alpha value is -1.84. The van der Waals surface area contributed by atoms with E-state index in [2.05, 4.69) is 7.05 Å². The topological polar surface area (TPSA) is 63.4 Å². The molecule has 0 bridgehead atoms. The number of amides is 2. The Morgan fingerprint density at radius 3 is 2.54 bits per heavy atom. The third-order valence-electron chi connectivity index (χ3n) is 2.03. The van der Waals surface area contributed by atoms with Crippen molar-refractivity contribution >= 4 is 17.5 Å². The summed E-state index contributed by atoms with van der Waals surface area (Å²) in [6, 6.07) is 4.79. The summed E-state index contributed by atoms with van der Waals surface area (Å²) in [5, 5.41) is 0. The zero-order valence-corrected chi connectivity index (χ0v) is 6.78. The van der Waals surface area contributed by atoms with Crippen LogP contribution in [0.3, 0.4) is 0 Å². The van der Waals surface area contributed by atoms with E-state index in [0.29, 0.717) is 11.3 Å². The van der Waals surface area contributed by atoms with Gasteiger partial charge in [-0.2, -0.15) is 0 Å². The number of imide groups is 1. The molecule has 0 unspecified atom stereocenters. The first-order chi connectivity index (χ1) is 6.13. The van der Waals surface area contributed by atoms with Crippen LogP contribution >= 0.6 is 0 Å². The summed E-state index contributed by atoms with van der Waals surface area (Å²) >= 11 is 0. The van der Waals surface area contributed by atoms with Gasteiger partial charge in [-0.05, 0) is 12.1 Å². The second kappa shape index (κ2) is 2.32. The molecule has 4 heteroatoms. The van der Waals surface area contributed by atoms with Crippen LogP contribution in [0, 0.1) is 7.05 Å². The summed E-state index contributed by atoms with van der Waals surface area (Å²) in [4.78, 5) is 23.6. The fourth-order valence-corrected chi connectivity index (χ4v) is 1.36. The van der Waals surface area contributed by atoms with Crippen LogP contribution < -0.4 is 5.73 Å². The summed E-state index contributed by atoms with van der Waals surface area (Å²) in [5.41, 5.74) is 6.48. The van der Waals surface area contributed by atoms with Gasteiger partial charge < -0.3 is 5.73 Å². The first-order valence-corrected chi connectivity index (χ1v) is 3.70. The third kappa shape index (κ3) is 0.853. The Kier molecular flexibility index (Phi) is 1.39. The number of carbonyl (C=O) groups is 2. The maximum Gasteiger partial charge on any atom is 0.263 e. The van der Waals surface area contributed by atoms with E-state index in [9.17, 15) is 9.59 Å². The molecular weight excluding hydrogens is 168 g/mol. The molecule has 0 saturated carbocycles. The highest BCUT2D eigenvalue weighted by molar-refractivity contribution is 6.23. The van der Waals surface area contributed by atoms with Crippen molar-refractivity contribution in [1.82, 2.24) is 4.90 Å². The number of nitrogen functional groups attached to an aromatic ring is 1. The summed E-state index contributed by atoms with van der Waals surface area (Å²) in [6.07, 6.45) is 0. The lowest BCUT2D eigenvalue weighted by atomic mass is 10.1. The van der Waals surface area contributed by atoms with Crippen LogP contribution in [-0.2, 0) is 0 Å². The molecule has 1 aromatic carbocycles. The van der Waals surface area contributed by atoms with Crippen molar-refractivity contribution in [2.75, 3.05) is 5.73 Å². The van der Waals surface area contributed by atoms with Gasteiger partial charge in [0, 0.05) is 12.7 Å². The molecule has 0 aliphatic carbocycles. The Bertz CT molecular complexity index is 412. The summed E-state index contributed by atoms with van der Waals surface area (Å²) in [5.74, 6) is -0.828. The predicted molar refractivity (Wildman–Crippen MR) is 46.7 cm³/mol. The van der Waals surface area contributed by atoms with Crippen LogP contribution in [0.25, 0.3) is 0 Å². The monoisotopic (exact) mass is 175 g/mol. The largest absolute Gasteiger partial charge is 0.398 e. The van der Waals surface area contributed by atoms with Crippen LogP contribution in [-0.4, -0.2) is 16.7 Å². The molecule has 2 amide bonds. The molecule has 0 aromatic heterocycles. The molecule has 4 nitrogen and oxygen atoms in total. The van der Waals surface area contributed by atoms with Gasteiger partial charge in [0.05, 0.1) is 11.1 Å². The molecule has 1 aromatic rings. The lowest BCUT2D eigenvalue weighted by molar-refractivity contribution is 0.0717. The van der Waals surface area contributed by atoms with Gasteiger partial charge in [0.1, 0.15) is 0 Å². The summed E-state index contributed by atoms with van der Waals surface area (Å²) < 4.78 is 0. The van der Waals surface area contributed by atoms with E-state index in [0.717, 1.165) is 4.90 Å². The number of carbonyl (C=O) groups excluding carboxylic acids is 2. The van der Waals surface area contributed by atoms with E-state index in [4.69, 9.17) is 5.73 Å². The maximum atomic E-state index is 11.4. The number of nitrogens with zero attached hydrogens (tertiary/aromatic N) is 1. The van der Waals surface area contributed by atoms with E-state index >= 15 is 0 Å². The zero-order chi connectivity index (χ0) is 9.59. The van der Waals surface area contributed by atoms with Crippen LogP contribution in [0.15, 0.2) is 18.2 Å². The Morgan fingerprint density at radius 1 is 1.23 bits per heavy atom. The number of anilines is 1. The average molecular weight is 175 g/mol. The molecule has 65 valence electrons. The van der Waals surface area contributed by atoms with Gasteiger partial charge in [-0.25, -0.2) is 0 Å². The fraction of sp³-hybridized carbons (Fsp3) is 0. The van der Waals surface area contributed by atoms with Crippen LogP contribution in [0.5, 0.6) is 0 Å². The SMILES string of the molecule is [CH2]N1C(=O)c2cccc(N)c2C1=O. The van der Waals surface area contributed by atoms with E-state index in [1.54, 1.807) is 18.2 Å². The van der Waals surface area contributed by atoms with Crippen LogP contribution in [0.2, 0.25) is 0 Å². The van der Waals surface area contributed by atoms with E-state index in [1.807, 2.05) is 0 Å². The van der Waals surface area contributed by atoms with Crippen molar-refractivity contribution in [2.45, 2.75) is 0 Å². The van der Waals surface area contributed by atoms with Crippen LogP contribution in [0.4, 0.5) is 5.69 Å². The number of hydrogen-bond donors (Lipinski definition) is 1. The minimum Gasteiger partial charge on any atom is -0.398 e. The molecule has 1 aliphatic rings. The van der Waals surface area contributed by atoms with Gasteiger partial charge in [-0.1, -0.05) is 6.07 Å². The molecule has 1 radical (unpaired) electrons. The number of benzene rings is 1. The molecule has 0 fully saturated rings. The number of nitrogens with two attached hydrogens (primary N) is 1. The number of rotatable bonds is 0. The summed E-state index contributed by atoms with van der Waals surface area (Å²) in [7, 11) is 3.33. The van der Waals surface area contributed by atoms with Crippen LogP contribution in [0.1, 0.15) is 20.7 Å². The second-order valence-electron chi connectivity index (χ2n) is 2.81. The molecule has 0 atom stereocenters. The highest BCUT2D eigenvalue weighted by Gasteiger charge is 2.34. The average Bonchev–Trinajstić information content (AvgIpc) is 2.33. The van der Waals surface area contributed by atoms with Gasteiger partial charge in [-0.3, -0.25) is 14.5 Å². The zero-order valence-electron chi connectivity index (χ0n) is 6.78.